The minimum Gasteiger partial charge on any atom is -0.455 e. The number of hydrogen-bond donors (Lipinski definition) is 0. The highest BCUT2D eigenvalue weighted by Crippen LogP contribution is 2.48. The minimum atomic E-state index is 0.876. The number of rotatable bonds is 10. The van der Waals surface area contributed by atoms with Crippen molar-refractivity contribution in [2.45, 2.75) is 0 Å². The van der Waals surface area contributed by atoms with Gasteiger partial charge in [-0.2, -0.15) is 0 Å². The summed E-state index contributed by atoms with van der Waals surface area (Å²) in [6.45, 7) is 0. The third-order valence-corrected chi connectivity index (χ3v) is 18.1. The molecule has 0 saturated carbocycles. The quantitative estimate of drug-likeness (QED) is 0.137. The Morgan fingerprint density at radius 2 is 0.565 bits per heavy atom. The average molecular weight is 1180 g/mol. The third kappa shape index (κ3) is 9.75. The molecule has 0 aliphatic rings. The highest BCUT2D eigenvalue weighted by molar-refractivity contribution is 6.21. The lowest BCUT2D eigenvalue weighted by molar-refractivity contribution is 0.672. The molecule has 0 N–H and O–H groups in total. The molecule has 0 aliphatic carbocycles. The molecule has 0 unspecified atom stereocenters. The van der Waals surface area contributed by atoms with Crippen molar-refractivity contribution in [3.05, 3.63) is 352 Å². The predicted molar refractivity (Wildman–Crippen MR) is 389 cm³/mol. The first-order valence-electron chi connectivity index (χ1n) is 31.4. The van der Waals surface area contributed by atoms with Crippen molar-refractivity contribution in [2.75, 3.05) is 9.80 Å². The fourth-order valence-corrected chi connectivity index (χ4v) is 13.6. The van der Waals surface area contributed by atoms with Crippen LogP contribution in [-0.2, 0) is 0 Å². The molecule has 0 bridgehead atoms. The molecule has 2 heterocycles. The van der Waals surface area contributed by atoms with Crippen molar-refractivity contribution in [1.82, 2.24) is 0 Å². The Balaban J connectivity index is 0.000000141. The molecule has 2 aromatic heterocycles. The first-order chi connectivity index (χ1) is 45.6. The first kappa shape index (κ1) is 54.0. The molecule has 0 amide bonds. The normalized spacial score (nSPS) is 11.5. The number of anilines is 6. The van der Waals surface area contributed by atoms with Crippen LogP contribution in [0.5, 0.6) is 0 Å². The van der Waals surface area contributed by atoms with Crippen LogP contribution in [0.15, 0.2) is 361 Å². The van der Waals surface area contributed by atoms with Gasteiger partial charge in [0, 0.05) is 44.3 Å². The lowest BCUT2D eigenvalue weighted by atomic mass is 9.98. The zero-order chi connectivity index (χ0) is 60.9. The summed E-state index contributed by atoms with van der Waals surface area (Å²) in [5, 5.41) is 14.0. The molecule has 0 saturated heterocycles. The zero-order valence-electron chi connectivity index (χ0n) is 50.2. The van der Waals surface area contributed by atoms with Gasteiger partial charge < -0.3 is 18.6 Å². The van der Waals surface area contributed by atoms with Gasteiger partial charge in [0.05, 0.1) is 22.1 Å². The van der Waals surface area contributed by atoms with E-state index in [1.54, 1.807) is 0 Å². The summed E-state index contributed by atoms with van der Waals surface area (Å²) in [7, 11) is 0. The third-order valence-electron chi connectivity index (χ3n) is 18.1. The van der Waals surface area contributed by atoms with Gasteiger partial charge in [-0.25, -0.2) is 0 Å². The Labute approximate surface area is 533 Å². The van der Waals surface area contributed by atoms with Gasteiger partial charge in [-0.05, 0) is 168 Å². The van der Waals surface area contributed by atoms with E-state index >= 15 is 0 Å². The largest absolute Gasteiger partial charge is 0.455 e. The first-order valence-corrected chi connectivity index (χ1v) is 31.4. The number of furan rings is 2. The van der Waals surface area contributed by atoms with E-state index < -0.39 is 0 Å². The van der Waals surface area contributed by atoms with Gasteiger partial charge in [0.25, 0.3) is 0 Å². The van der Waals surface area contributed by atoms with Crippen molar-refractivity contribution in [1.29, 1.82) is 0 Å². The summed E-state index contributed by atoms with van der Waals surface area (Å²) in [6, 6.07) is 125. The molecule has 4 heteroatoms. The van der Waals surface area contributed by atoms with Crippen LogP contribution >= 0.6 is 0 Å². The van der Waals surface area contributed by atoms with Crippen LogP contribution in [0.4, 0.5) is 34.1 Å². The van der Waals surface area contributed by atoms with E-state index in [0.717, 1.165) is 88.8 Å². The van der Waals surface area contributed by atoms with E-state index in [1.807, 2.05) is 0 Å². The molecule has 0 atom stereocenters. The minimum absolute atomic E-state index is 0.876. The highest BCUT2D eigenvalue weighted by Gasteiger charge is 2.23. The maximum absolute atomic E-state index is 6.61. The van der Waals surface area contributed by atoms with Gasteiger partial charge in [-0.3, -0.25) is 0 Å². The molecule has 0 fully saturated rings. The molecule has 92 heavy (non-hydrogen) atoms. The van der Waals surface area contributed by atoms with Gasteiger partial charge in [0.15, 0.2) is 0 Å². The molecule has 0 radical (unpaired) electrons. The zero-order valence-corrected chi connectivity index (χ0v) is 50.2. The highest BCUT2D eigenvalue weighted by atomic mass is 16.3. The fraction of sp³-hybridized carbons (Fsp3) is 0. The monoisotopic (exact) mass is 1170 g/mol. The summed E-state index contributed by atoms with van der Waals surface area (Å²) < 4.78 is 13.2. The topological polar surface area (TPSA) is 32.8 Å². The number of nitrogens with zero attached hydrogens (tertiary/aromatic N) is 2. The average Bonchev–Trinajstić information content (AvgIpc) is 1.70. The van der Waals surface area contributed by atoms with Crippen molar-refractivity contribution in [3.8, 4) is 44.5 Å². The second-order valence-electron chi connectivity index (χ2n) is 23.5. The number of benzene rings is 16. The van der Waals surface area contributed by atoms with Crippen molar-refractivity contribution < 1.29 is 8.83 Å². The Morgan fingerprint density at radius 1 is 0.196 bits per heavy atom. The standard InChI is InChI=1S/2C44H29NO/c1-2-10-30(11-3-1)31-20-25-35(26-21-31)45(36-27-22-34(23-28-36)38-17-8-14-32-12-4-6-15-37(32)38)41-18-9-19-42-43(41)40-29-24-33-13-5-7-16-39(33)44(40)46-42;1-2-10-30(11-3-1)35-15-8-16-38(29-35)45(37-25-22-32(23-26-37)36-21-20-31-12-4-5-14-34(31)28-36)41-18-9-19-42-43(41)40-27-24-33-13-6-7-17-39(33)44(40)46-42/h2*1-29H. The Bertz CT molecular complexity index is 5750. The lowest BCUT2D eigenvalue weighted by Crippen LogP contribution is -2.10. The SMILES string of the molecule is c1ccc(-c2ccc(N(c3ccc(-c4cccc5ccccc45)cc3)c3cccc4oc5c6ccccc6ccc5c34)cc2)cc1.c1ccc(-c2cccc(N(c3ccc(-c4ccc5ccccc5c4)cc3)c3cccc4oc5c6ccccc6ccc5c34)c2)cc1. The molecule has 0 spiro atoms. The summed E-state index contributed by atoms with van der Waals surface area (Å²) in [6.07, 6.45) is 0. The van der Waals surface area contributed by atoms with Crippen LogP contribution < -0.4 is 9.80 Å². The lowest BCUT2D eigenvalue weighted by Gasteiger charge is -2.27. The van der Waals surface area contributed by atoms with Gasteiger partial charge >= 0.3 is 0 Å². The predicted octanol–water partition coefficient (Wildman–Crippen LogP) is 25.4. The van der Waals surface area contributed by atoms with Crippen molar-refractivity contribution in [2.24, 2.45) is 0 Å². The molecular formula is C88H58N2O2. The van der Waals surface area contributed by atoms with Crippen molar-refractivity contribution >= 4 is 121 Å². The van der Waals surface area contributed by atoms with Crippen LogP contribution in [0.2, 0.25) is 0 Å². The summed E-state index contributed by atoms with van der Waals surface area (Å²) in [4.78, 5) is 4.72. The second-order valence-corrected chi connectivity index (χ2v) is 23.5. The molecule has 4 nitrogen and oxygen atoms in total. The fourth-order valence-electron chi connectivity index (χ4n) is 13.6. The van der Waals surface area contributed by atoms with Gasteiger partial charge in [0.1, 0.15) is 22.3 Å². The number of fused-ring (bicyclic) bond motifs is 12. The Morgan fingerprint density at radius 3 is 1.13 bits per heavy atom. The maximum Gasteiger partial charge on any atom is 0.143 e. The van der Waals surface area contributed by atoms with Crippen LogP contribution in [0, 0.1) is 0 Å². The van der Waals surface area contributed by atoms with E-state index in [9.17, 15) is 0 Å². The number of hydrogen-bond acceptors (Lipinski definition) is 4. The van der Waals surface area contributed by atoms with Gasteiger partial charge in [0.2, 0.25) is 0 Å². The molecule has 0 aliphatic heterocycles. The van der Waals surface area contributed by atoms with E-state index in [0.29, 0.717) is 0 Å². The second kappa shape index (κ2) is 23.0. The van der Waals surface area contributed by atoms with E-state index in [4.69, 9.17) is 8.83 Å². The Kier molecular flexibility index (Phi) is 13.5. The van der Waals surface area contributed by atoms with Crippen LogP contribution in [0.1, 0.15) is 0 Å². The molecular weight excluding hydrogens is 1120 g/mol. The molecule has 18 rings (SSSR count). The molecule has 16 aromatic carbocycles. The van der Waals surface area contributed by atoms with Crippen LogP contribution in [-0.4, -0.2) is 0 Å². The van der Waals surface area contributed by atoms with Gasteiger partial charge in [-0.1, -0.05) is 261 Å². The van der Waals surface area contributed by atoms with E-state index in [-0.39, 0.29) is 0 Å². The van der Waals surface area contributed by atoms with E-state index in [2.05, 4.69) is 362 Å². The summed E-state index contributed by atoms with van der Waals surface area (Å²) in [5.41, 5.74) is 19.7. The van der Waals surface area contributed by atoms with E-state index in [1.165, 1.54) is 76.8 Å². The summed E-state index contributed by atoms with van der Waals surface area (Å²) >= 11 is 0. The van der Waals surface area contributed by atoms with Gasteiger partial charge in [-0.15, -0.1) is 0 Å². The maximum atomic E-state index is 6.61. The van der Waals surface area contributed by atoms with Crippen LogP contribution in [0.3, 0.4) is 0 Å². The summed E-state index contributed by atoms with van der Waals surface area (Å²) in [5.74, 6) is 0. The molecule has 18 aromatic rings. The smallest absolute Gasteiger partial charge is 0.143 e. The Hall–Kier alpha value is -12.2. The van der Waals surface area contributed by atoms with Crippen molar-refractivity contribution in [3.63, 3.8) is 0 Å². The van der Waals surface area contributed by atoms with Crippen LogP contribution in [0.25, 0.3) is 131 Å². The molecule has 432 valence electrons.